The van der Waals surface area contributed by atoms with Crippen LogP contribution in [0.5, 0.6) is 0 Å². The molecular formula is C22H43NO4Si. The first-order valence-corrected chi connectivity index (χ1v) is 13.6. The normalized spacial score (nSPS) is 20.9. The Morgan fingerprint density at radius 2 is 2.04 bits per heavy atom. The Hall–Kier alpha value is -0.853. The van der Waals surface area contributed by atoms with Gasteiger partial charge < -0.3 is 13.9 Å². The monoisotopic (exact) mass is 413 g/mol. The summed E-state index contributed by atoms with van der Waals surface area (Å²) in [6, 6.07) is -0.00269. The number of hydrogen-bond acceptors (Lipinski definition) is 4. The topological polar surface area (TPSA) is 48.0 Å². The SMILES string of the molecule is C=CCC(CO[Si](C)(C)C(C)(C)C)CC1COC(C)(C)N1C(=O)OCCCC. The summed E-state index contributed by atoms with van der Waals surface area (Å²) in [5.41, 5.74) is -0.646. The molecule has 1 rings (SSSR count). The Bertz CT molecular complexity index is 513. The van der Waals surface area contributed by atoms with Gasteiger partial charge in [0.25, 0.3) is 0 Å². The molecule has 0 aromatic carbocycles. The molecule has 1 aliphatic heterocycles. The van der Waals surface area contributed by atoms with E-state index in [1.807, 2.05) is 19.9 Å². The number of unbranched alkanes of at least 4 members (excludes halogenated alkanes) is 1. The van der Waals surface area contributed by atoms with Crippen LogP contribution in [0.1, 0.15) is 67.2 Å². The smallest absolute Gasteiger partial charge is 0.412 e. The first kappa shape index (κ1) is 25.2. The minimum absolute atomic E-state index is 0.00269. The molecule has 0 aromatic rings. The fraction of sp³-hybridized carbons (Fsp3) is 0.864. The third kappa shape index (κ3) is 6.89. The number of hydrogen-bond donors (Lipinski definition) is 0. The van der Waals surface area contributed by atoms with E-state index >= 15 is 0 Å². The van der Waals surface area contributed by atoms with E-state index in [1.54, 1.807) is 4.90 Å². The zero-order valence-electron chi connectivity index (χ0n) is 19.5. The van der Waals surface area contributed by atoms with Crippen LogP contribution in [0.25, 0.3) is 0 Å². The highest BCUT2D eigenvalue weighted by Crippen LogP contribution is 2.38. The highest BCUT2D eigenvalue weighted by molar-refractivity contribution is 6.74. The third-order valence-electron chi connectivity index (χ3n) is 6.09. The summed E-state index contributed by atoms with van der Waals surface area (Å²) in [7, 11) is -1.81. The molecule has 0 aliphatic carbocycles. The highest BCUT2D eigenvalue weighted by Gasteiger charge is 2.45. The molecule has 1 heterocycles. The van der Waals surface area contributed by atoms with Crippen LogP contribution in [-0.2, 0) is 13.9 Å². The van der Waals surface area contributed by atoms with E-state index in [0.29, 0.717) is 25.7 Å². The summed E-state index contributed by atoms with van der Waals surface area (Å²) in [5.74, 6) is 0.306. The van der Waals surface area contributed by atoms with Crippen molar-refractivity contribution in [3.8, 4) is 0 Å². The van der Waals surface area contributed by atoms with Gasteiger partial charge in [0.05, 0.1) is 19.3 Å². The molecule has 0 bridgehead atoms. The summed E-state index contributed by atoms with van der Waals surface area (Å²) >= 11 is 0. The van der Waals surface area contributed by atoms with Crippen molar-refractivity contribution in [1.82, 2.24) is 4.90 Å². The van der Waals surface area contributed by atoms with E-state index in [-0.39, 0.29) is 17.2 Å². The van der Waals surface area contributed by atoms with Crippen LogP contribution < -0.4 is 0 Å². The fourth-order valence-corrected chi connectivity index (χ4v) is 4.28. The van der Waals surface area contributed by atoms with E-state index in [2.05, 4.69) is 47.4 Å². The number of rotatable bonds is 10. The number of nitrogens with zero attached hydrogens (tertiary/aromatic N) is 1. The molecule has 0 aromatic heterocycles. The second-order valence-electron chi connectivity index (χ2n) is 9.95. The molecule has 1 aliphatic rings. The molecule has 5 nitrogen and oxygen atoms in total. The molecule has 1 fully saturated rings. The lowest BCUT2D eigenvalue weighted by Crippen LogP contribution is -2.49. The van der Waals surface area contributed by atoms with Crippen molar-refractivity contribution in [2.75, 3.05) is 19.8 Å². The second kappa shape index (κ2) is 10.3. The van der Waals surface area contributed by atoms with Crippen LogP contribution in [0.4, 0.5) is 4.79 Å². The van der Waals surface area contributed by atoms with Gasteiger partial charge in [-0.25, -0.2) is 4.79 Å². The van der Waals surface area contributed by atoms with Crippen molar-refractivity contribution < 1.29 is 18.7 Å². The first-order valence-electron chi connectivity index (χ1n) is 10.7. The fourth-order valence-electron chi connectivity index (χ4n) is 3.20. The van der Waals surface area contributed by atoms with Crippen molar-refractivity contribution in [3.63, 3.8) is 0 Å². The Labute approximate surface area is 173 Å². The van der Waals surface area contributed by atoms with Crippen molar-refractivity contribution in [1.29, 1.82) is 0 Å². The second-order valence-corrected chi connectivity index (χ2v) is 14.8. The maximum absolute atomic E-state index is 12.7. The number of carbonyl (C=O) groups excluding carboxylic acids is 1. The molecule has 2 atom stereocenters. The quantitative estimate of drug-likeness (QED) is 0.252. The standard InChI is InChI=1S/C22H43NO4Si/c1-10-12-14-25-20(24)23-19(17-26-22(23,6)7)15-18(13-11-2)16-27-28(8,9)21(3,4)5/h11,18-19H,2,10,12-17H2,1,3-9H3. The summed E-state index contributed by atoms with van der Waals surface area (Å²) < 4.78 is 17.9. The van der Waals surface area contributed by atoms with Gasteiger partial charge in [-0.05, 0) is 57.2 Å². The van der Waals surface area contributed by atoms with Gasteiger partial charge in [0.1, 0.15) is 5.72 Å². The molecule has 0 spiro atoms. The number of amides is 1. The molecule has 0 radical (unpaired) electrons. The minimum Gasteiger partial charge on any atom is -0.449 e. The average molecular weight is 414 g/mol. The summed E-state index contributed by atoms with van der Waals surface area (Å²) in [6.07, 6.45) is 5.25. The van der Waals surface area contributed by atoms with E-state index in [0.717, 1.165) is 25.7 Å². The van der Waals surface area contributed by atoms with Crippen LogP contribution in [0.3, 0.4) is 0 Å². The average Bonchev–Trinajstić information content (AvgIpc) is 2.86. The molecular weight excluding hydrogens is 370 g/mol. The van der Waals surface area contributed by atoms with Crippen molar-refractivity contribution in [2.45, 2.75) is 97.1 Å². The molecule has 0 saturated carbocycles. The Morgan fingerprint density at radius 1 is 1.39 bits per heavy atom. The molecule has 28 heavy (non-hydrogen) atoms. The number of ether oxygens (including phenoxy) is 2. The van der Waals surface area contributed by atoms with Gasteiger partial charge in [-0.1, -0.05) is 40.2 Å². The number of carbonyl (C=O) groups is 1. The van der Waals surface area contributed by atoms with Gasteiger partial charge in [0, 0.05) is 6.61 Å². The van der Waals surface area contributed by atoms with Gasteiger partial charge in [-0.3, -0.25) is 4.90 Å². The summed E-state index contributed by atoms with van der Waals surface area (Å²) in [6.45, 7) is 22.9. The van der Waals surface area contributed by atoms with Crippen LogP contribution in [-0.4, -0.2) is 50.9 Å². The van der Waals surface area contributed by atoms with Crippen LogP contribution in [0.15, 0.2) is 12.7 Å². The lowest BCUT2D eigenvalue weighted by molar-refractivity contribution is -0.0488. The van der Waals surface area contributed by atoms with Crippen LogP contribution in [0, 0.1) is 5.92 Å². The van der Waals surface area contributed by atoms with Crippen molar-refractivity contribution in [3.05, 3.63) is 12.7 Å². The largest absolute Gasteiger partial charge is 0.449 e. The maximum Gasteiger partial charge on any atom is 0.412 e. The minimum atomic E-state index is -1.81. The third-order valence-corrected chi connectivity index (χ3v) is 10.6. The number of allylic oxidation sites excluding steroid dienone is 1. The van der Waals surface area contributed by atoms with Gasteiger partial charge >= 0.3 is 6.09 Å². The van der Waals surface area contributed by atoms with Crippen LogP contribution >= 0.6 is 0 Å². The van der Waals surface area contributed by atoms with E-state index in [9.17, 15) is 4.79 Å². The molecule has 164 valence electrons. The summed E-state index contributed by atoms with van der Waals surface area (Å²) in [5, 5.41) is 0.180. The maximum atomic E-state index is 12.7. The molecule has 1 saturated heterocycles. The van der Waals surface area contributed by atoms with Crippen molar-refractivity contribution in [2.24, 2.45) is 5.92 Å². The van der Waals surface area contributed by atoms with Crippen LogP contribution in [0.2, 0.25) is 18.1 Å². The molecule has 6 heteroatoms. The van der Waals surface area contributed by atoms with E-state index in [1.165, 1.54) is 0 Å². The predicted octanol–water partition coefficient (Wildman–Crippen LogP) is 5.96. The Morgan fingerprint density at radius 3 is 2.57 bits per heavy atom. The molecule has 1 amide bonds. The molecule has 2 unspecified atom stereocenters. The summed E-state index contributed by atoms with van der Waals surface area (Å²) in [4.78, 5) is 14.5. The zero-order chi connectivity index (χ0) is 21.6. The van der Waals surface area contributed by atoms with Gasteiger partial charge in [0.2, 0.25) is 0 Å². The molecule has 0 N–H and O–H groups in total. The Kier molecular flexibility index (Phi) is 9.23. The van der Waals surface area contributed by atoms with E-state index < -0.39 is 14.0 Å². The van der Waals surface area contributed by atoms with E-state index in [4.69, 9.17) is 13.9 Å². The zero-order valence-corrected chi connectivity index (χ0v) is 20.5. The Balaban J connectivity index is 2.80. The lowest BCUT2D eigenvalue weighted by Gasteiger charge is -2.38. The lowest BCUT2D eigenvalue weighted by atomic mass is 9.97. The highest BCUT2D eigenvalue weighted by atomic mass is 28.4. The van der Waals surface area contributed by atoms with Gasteiger partial charge in [-0.2, -0.15) is 0 Å². The predicted molar refractivity (Wildman–Crippen MR) is 118 cm³/mol. The van der Waals surface area contributed by atoms with Gasteiger partial charge in [-0.15, -0.1) is 6.58 Å². The van der Waals surface area contributed by atoms with Gasteiger partial charge in [0.15, 0.2) is 8.32 Å². The van der Waals surface area contributed by atoms with Crippen molar-refractivity contribution >= 4 is 14.4 Å². The first-order chi connectivity index (χ1) is 12.9.